The minimum Gasteiger partial charge on any atom is -0.376 e. The van der Waals surface area contributed by atoms with E-state index in [0.717, 1.165) is 19.7 Å². The molecule has 0 aliphatic carbocycles. The summed E-state index contributed by atoms with van der Waals surface area (Å²) in [6.07, 6.45) is 18.2. The molecule has 2 nitrogen and oxygen atoms in total. The number of ether oxygens (including phenoxy) is 1. The number of unbranched alkanes of at least 4 members (excludes halogenated alkanes) is 9. The van der Waals surface area contributed by atoms with Gasteiger partial charge in [-0.25, -0.2) is 0 Å². The van der Waals surface area contributed by atoms with Crippen LogP contribution >= 0.6 is 0 Å². The maximum atomic E-state index is 5.61. The van der Waals surface area contributed by atoms with E-state index < -0.39 is 0 Å². The van der Waals surface area contributed by atoms with Gasteiger partial charge in [-0.05, 0) is 18.5 Å². The first-order valence-electron chi connectivity index (χ1n) is 10.4. The summed E-state index contributed by atoms with van der Waals surface area (Å²) in [5.41, 5.74) is 1.23. The molecule has 0 aliphatic rings. The fraction of sp³-hybridized carbons (Fsp3) is 0.652. The molecule has 1 aromatic carbocycles. The molecule has 0 aliphatic heterocycles. The number of hydrogen-bond donors (Lipinski definition) is 1. The Balaban J connectivity index is 1.74. The normalized spacial score (nSPS) is 11.4. The highest BCUT2D eigenvalue weighted by atomic mass is 16.5. The van der Waals surface area contributed by atoms with Gasteiger partial charge in [0.15, 0.2) is 0 Å². The van der Waals surface area contributed by atoms with Gasteiger partial charge in [0.25, 0.3) is 0 Å². The predicted octanol–water partition coefficient (Wildman–Crippen LogP) is 6.23. The van der Waals surface area contributed by atoms with Crippen LogP contribution in [-0.4, -0.2) is 26.3 Å². The van der Waals surface area contributed by atoms with Gasteiger partial charge in [0, 0.05) is 6.54 Å². The van der Waals surface area contributed by atoms with Crippen molar-refractivity contribution in [2.24, 2.45) is 0 Å². The van der Waals surface area contributed by atoms with Gasteiger partial charge in [0.1, 0.15) is 0 Å². The second-order valence-electron chi connectivity index (χ2n) is 6.82. The highest BCUT2D eigenvalue weighted by Gasteiger charge is 1.93. The largest absolute Gasteiger partial charge is 0.376 e. The van der Waals surface area contributed by atoms with Gasteiger partial charge in [-0.1, -0.05) is 107 Å². The quantitative estimate of drug-likeness (QED) is 0.338. The smallest absolute Gasteiger partial charge is 0.0651 e. The molecule has 0 saturated carbocycles. The summed E-state index contributed by atoms with van der Waals surface area (Å²) in [6, 6.07) is 10.3. The Morgan fingerprint density at radius 3 is 2.12 bits per heavy atom. The monoisotopic (exact) mass is 345 g/mol. The van der Waals surface area contributed by atoms with E-state index in [0.29, 0.717) is 6.61 Å². The lowest BCUT2D eigenvalue weighted by Gasteiger charge is -2.05. The lowest BCUT2D eigenvalue weighted by molar-refractivity contribution is 0.164. The lowest BCUT2D eigenvalue weighted by atomic mass is 10.1. The van der Waals surface area contributed by atoms with Crippen LogP contribution in [0.15, 0.2) is 36.4 Å². The van der Waals surface area contributed by atoms with Crippen LogP contribution < -0.4 is 5.32 Å². The molecule has 0 bridgehead atoms. The van der Waals surface area contributed by atoms with Crippen LogP contribution in [0.5, 0.6) is 0 Å². The Hall–Kier alpha value is -1.12. The Morgan fingerprint density at radius 1 is 0.800 bits per heavy atom. The third-order valence-electron chi connectivity index (χ3n) is 4.45. The predicted molar refractivity (Wildman–Crippen MR) is 111 cm³/mol. The fourth-order valence-electron chi connectivity index (χ4n) is 2.91. The van der Waals surface area contributed by atoms with Crippen molar-refractivity contribution >= 4 is 6.08 Å². The molecule has 0 unspecified atom stereocenters. The minimum absolute atomic E-state index is 0.689. The maximum absolute atomic E-state index is 5.61. The first-order valence-corrected chi connectivity index (χ1v) is 10.4. The van der Waals surface area contributed by atoms with Crippen molar-refractivity contribution in [2.75, 3.05) is 26.3 Å². The van der Waals surface area contributed by atoms with Crippen LogP contribution in [0.3, 0.4) is 0 Å². The van der Waals surface area contributed by atoms with Gasteiger partial charge in [-0.3, -0.25) is 0 Å². The van der Waals surface area contributed by atoms with E-state index in [1.54, 1.807) is 0 Å². The molecule has 0 atom stereocenters. The average molecular weight is 346 g/mol. The van der Waals surface area contributed by atoms with Crippen molar-refractivity contribution in [3.05, 3.63) is 42.0 Å². The van der Waals surface area contributed by atoms with Gasteiger partial charge in [-0.15, -0.1) is 0 Å². The van der Waals surface area contributed by atoms with Crippen LogP contribution in [0, 0.1) is 0 Å². The standard InChI is InChI=1S/C23H39NO/c1-2-3-4-5-6-7-8-9-10-14-19-24-20-22-25-21-15-18-23-16-12-11-13-17-23/h11-13,15-18,24H,2-10,14,19-22H2,1H3. The molecule has 25 heavy (non-hydrogen) atoms. The minimum atomic E-state index is 0.689. The Labute approximate surface area is 156 Å². The van der Waals surface area contributed by atoms with Crippen LogP contribution in [-0.2, 0) is 4.74 Å². The van der Waals surface area contributed by atoms with Crippen molar-refractivity contribution in [1.29, 1.82) is 0 Å². The van der Waals surface area contributed by atoms with Crippen LogP contribution in [0.25, 0.3) is 6.08 Å². The summed E-state index contributed by atoms with van der Waals surface area (Å²) in [5.74, 6) is 0. The number of benzene rings is 1. The SMILES string of the molecule is CCCCCCCCCCCCNCCOCC=Cc1ccccc1. The van der Waals surface area contributed by atoms with E-state index in [2.05, 4.69) is 48.7 Å². The van der Waals surface area contributed by atoms with Crippen LogP contribution in [0.2, 0.25) is 0 Å². The molecule has 1 N–H and O–H groups in total. The van der Waals surface area contributed by atoms with Crippen molar-refractivity contribution in [2.45, 2.75) is 71.1 Å². The molecule has 1 aromatic rings. The van der Waals surface area contributed by atoms with E-state index in [1.807, 2.05) is 6.07 Å². The molecule has 0 radical (unpaired) electrons. The number of hydrogen-bond acceptors (Lipinski definition) is 2. The van der Waals surface area contributed by atoms with Crippen LogP contribution in [0.4, 0.5) is 0 Å². The zero-order chi connectivity index (χ0) is 17.8. The summed E-state index contributed by atoms with van der Waals surface area (Å²) >= 11 is 0. The molecule has 0 heterocycles. The number of nitrogens with one attached hydrogen (secondary N) is 1. The van der Waals surface area contributed by atoms with E-state index in [-0.39, 0.29) is 0 Å². The molecular formula is C23H39NO. The third-order valence-corrected chi connectivity index (χ3v) is 4.45. The second-order valence-corrected chi connectivity index (χ2v) is 6.82. The summed E-state index contributed by atoms with van der Waals surface area (Å²) < 4.78 is 5.61. The fourth-order valence-corrected chi connectivity index (χ4v) is 2.91. The molecule has 0 fully saturated rings. The van der Waals surface area contributed by atoms with Crippen molar-refractivity contribution in [3.8, 4) is 0 Å². The molecule has 0 saturated heterocycles. The molecule has 0 amide bonds. The van der Waals surface area contributed by atoms with Crippen molar-refractivity contribution in [3.63, 3.8) is 0 Å². The molecular weight excluding hydrogens is 306 g/mol. The summed E-state index contributed by atoms with van der Waals surface area (Å²) in [4.78, 5) is 0. The van der Waals surface area contributed by atoms with Gasteiger partial charge in [0.05, 0.1) is 13.2 Å². The van der Waals surface area contributed by atoms with Gasteiger partial charge >= 0.3 is 0 Å². The highest BCUT2D eigenvalue weighted by molar-refractivity contribution is 5.48. The third kappa shape index (κ3) is 14.9. The molecule has 0 spiro atoms. The second kappa shape index (κ2) is 17.7. The zero-order valence-corrected chi connectivity index (χ0v) is 16.3. The van der Waals surface area contributed by atoms with E-state index in [9.17, 15) is 0 Å². The Morgan fingerprint density at radius 2 is 1.44 bits per heavy atom. The molecule has 142 valence electrons. The molecule has 0 aromatic heterocycles. The van der Waals surface area contributed by atoms with E-state index in [4.69, 9.17) is 4.74 Å². The summed E-state index contributed by atoms with van der Waals surface area (Å²) in [5, 5.41) is 3.47. The Kier molecular flexibility index (Phi) is 15.5. The summed E-state index contributed by atoms with van der Waals surface area (Å²) in [7, 11) is 0. The Bertz CT molecular complexity index is 402. The first kappa shape index (κ1) is 21.9. The maximum Gasteiger partial charge on any atom is 0.0651 e. The van der Waals surface area contributed by atoms with Gasteiger partial charge in [0.2, 0.25) is 0 Å². The zero-order valence-electron chi connectivity index (χ0n) is 16.3. The first-order chi connectivity index (χ1) is 12.4. The van der Waals surface area contributed by atoms with E-state index >= 15 is 0 Å². The van der Waals surface area contributed by atoms with Gasteiger partial charge < -0.3 is 10.1 Å². The van der Waals surface area contributed by atoms with Gasteiger partial charge in [-0.2, -0.15) is 0 Å². The van der Waals surface area contributed by atoms with Crippen molar-refractivity contribution < 1.29 is 4.74 Å². The van der Waals surface area contributed by atoms with Crippen molar-refractivity contribution in [1.82, 2.24) is 5.32 Å². The average Bonchev–Trinajstić information content (AvgIpc) is 2.65. The topological polar surface area (TPSA) is 21.3 Å². The highest BCUT2D eigenvalue weighted by Crippen LogP contribution is 2.10. The number of rotatable bonds is 17. The van der Waals surface area contributed by atoms with Crippen LogP contribution in [0.1, 0.15) is 76.7 Å². The lowest BCUT2D eigenvalue weighted by Crippen LogP contribution is -2.20. The molecule has 1 rings (SSSR count). The van der Waals surface area contributed by atoms with E-state index in [1.165, 1.54) is 69.8 Å². The molecule has 2 heteroatoms. The summed E-state index contributed by atoms with van der Waals surface area (Å²) in [6.45, 7) is 5.84.